The predicted octanol–water partition coefficient (Wildman–Crippen LogP) is 4.45. The standard InChI is InChI=1S/C18H21N3O.C3H6O.C2H6/c1-21-13-16(12-11-14-7-5-6-10-17(14)21)20-18(22)19-15-8-3-2-4-9-15;1-2-3-4;1-2/h2-10,16H,11-13H2,1H3,(H2,19,20,22);2,4H,1,3H2;1-2H3. The van der Waals surface area contributed by atoms with Crippen LogP contribution in [0.5, 0.6) is 0 Å². The SMILES string of the molecule is C=CCO.CC.CN1CC(NC(=O)Nc2ccccc2)CCc2ccccc21. The number of amides is 2. The van der Waals surface area contributed by atoms with Gasteiger partial charge in [0.05, 0.1) is 6.61 Å². The number of carbonyl (C=O) groups excluding carboxylic acids is 1. The number of aliphatic hydroxyl groups excluding tert-OH is 1. The monoisotopic (exact) mass is 383 g/mol. The second-order valence-corrected chi connectivity index (χ2v) is 6.18. The van der Waals surface area contributed by atoms with E-state index in [-0.39, 0.29) is 18.7 Å². The third-order valence-corrected chi connectivity index (χ3v) is 4.16. The minimum atomic E-state index is -0.143. The van der Waals surface area contributed by atoms with Crippen LogP contribution < -0.4 is 15.5 Å². The quantitative estimate of drug-likeness (QED) is 0.686. The van der Waals surface area contributed by atoms with Crippen molar-refractivity contribution in [1.82, 2.24) is 5.32 Å². The first-order chi connectivity index (χ1) is 13.6. The Bertz CT molecular complexity index is 704. The number of nitrogens with one attached hydrogen (secondary N) is 2. The Hall–Kier alpha value is -2.79. The highest BCUT2D eigenvalue weighted by Crippen LogP contribution is 2.24. The van der Waals surface area contributed by atoms with Gasteiger partial charge < -0.3 is 20.6 Å². The number of rotatable bonds is 3. The second kappa shape index (κ2) is 13.4. The molecule has 0 saturated carbocycles. The summed E-state index contributed by atoms with van der Waals surface area (Å²) in [5, 5.41) is 13.7. The van der Waals surface area contributed by atoms with Gasteiger partial charge in [0, 0.05) is 31.0 Å². The van der Waals surface area contributed by atoms with Crippen LogP contribution in [-0.2, 0) is 6.42 Å². The number of nitrogens with zero attached hydrogens (tertiary/aromatic N) is 1. The maximum atomic E-state index is 12.1. The van der Waals surface area contributed by atoms with Gasteiger partial charge in [-0.1, -0.05) is 56.3 Å². The summed E-state index contributed by atoms with van der Waals surface area (Å²) in [4.78, 5) is 14.3. The number of hydrogen-bond acceptors (Lipinski definition) is 3. The zero-order valence-corrected chi connectivity index (χ0v) is 17.2. The zero-order chi connectivity index (χ0) is 20.8. The van der Waals surface area contributed by atoms with E-state index in [2.05, 4.69) is 53.4 Å². The van der Waals surface area contributed by atoms with Crippen molar-refractivity contribution >= 4 is 17.4 Å². The molecule has 1 aliphatic rings. The molecule has 0 aliphatic carbocycles. The molecule has 1 aliphatic heterocycles. The van der Waals surface area contributed by atoms with E-state index in [9.17, 15) is 4.79 Å². The van der Waals surface area contributed by atoms with Crippen molar-refractivity contribution in [3.8, 4) is 0 Å². The molecular weight excluding hydrogens is 350 g/mol. The van der Waals surface area contributed by atoms with E-state index in [0.29, 0.717) is 0 Å². The highest BCUT2D eigenvalue weighted by molar-refractivity contribution is 5.89. The van der Waals surface area contributed by atoms with Crippen LogP contribution in [-0.4, -0.2) is 37.4 Å². The molecule has 2 aromatic rings. The molecule has 0 bridgehead atoms. The second-order valence-electron chi connectivity index (χ2n) is 6.18. The van der Waals surface area contributed by atoms with Crippen LogP contribution in [0.15, 0.2) is 67.3 Å². The zero-order valence-electron chi connectivity index (χ0n) is 17.2. The fraction of sp³-hybridized carbons (Fsp3) is 0.348. The van der Waals surface area contributed by atoms with Gasteiger partial charge in [-0.15, -0.1) is 6.58 Å². The first-order valence-electron chi connectivity index (χ1n) is 9.77. The maximum absolute atomic E-state index is 12.1. The van der Waals surface area contributed by atoms with Crippen LogP contribution in [0.4, 0.5) is 16.2 Å². The fourth-order valence-corrected chi connectivity index (χ4v) is 2.94. The topological polar surface area (TPSA) is 64.6 Å². The van der Waals surface area contributed by atoms with Crippen molar-refractivity contribution in [3.63, 3.8) is 0 Å². The molecule has 0 saturated heterocycles. The van der Waals surface area contributed by atoms with Crippen molar-refractivity contribution in [2.45, 2.75) is 32.7 Å². The van der Waals surface area contributed by atoms with E-state index in [4.69, 9.17) is 5.11 Å². The van der Waals surface area contributed by atoms with Gasteiger partial charge in [-0.25, -0.2) is 4.79 Å². The molecule has 0 aromatic heterocycles. The first kappa shape index (κ1) is 23.2. The summed E-state index contributed by atoms with van der Waals surface area (Å²) in [5.41, 5.74) is 3.42. The van der Waals surface area contributed by atoms with Crippen molar-refractivity contribution in [3.05, 3.63) is 72.8 Å². The molecule has 5 heteroatoms. The number of para-hydroxylation sites is 2. The van der Waals surface area contributed by atoms with Crippen LogP contribution in [0, 0.1) is 0 Å². The Balaban J connectivity index is 0.000000583. The van der Waals surface area contributed by atoms with Gasteiger partial charge in [0.25, 0.3) is 0 Å². The summed E-state index contributed by atoms with van der Waals surface area (Å²) in [6, 6.07) is 18.0. The lowest BCUT2D eigenvalue weighted by molar-refractivity contribution is 0.248. The van der Waals surface area contributed by atoms with Gasteiger partial charge in [0.1, 0.15) is 0 Å². The molecule has 2 amide bonds. The van der Waals surface area contributed by atoms with E-state index in [0.717, 1.165) is 25.1 Å². The molecule has 3 rings (SSSR count). The van der Waals surface area contributed by atoms with Crippen molar-refractivity contribution in [2.24, 2.45) is 0 Å². The summed E-state index contributed by atoms with van der Waals surface area (Å²) in [7, 11) is 2.08. The summed E-state index contributed by atoms with van der Waals surface area (Å²) in [6.07, 6.45) is 3.36. The molecule has 3 N–H and O–H groups in total. The minimum Gasteiger partial charge on any atom is -0.392 e. The summed E-state index contributed by atoms with van der Waals surface area (Å²) >= 11 is 0. The number of benzene rings is 2. The number of fused-ring (bicyclic) bond motifs is 1. The number of likely N-dealkylation sites (N-methyl/N-ethyl adjacent to an activating group) is 1. The highest BCUT2D eigenvalue weighted by Gasteiger charge is 2.20. The molecule has 152 valence electrons. The van der Waals surface area contributed by atoms with Gasteiger partial charge >= 0.3 is 6.03 Å². The number of hydrogen-bond donors (Lipinski definition) is 3. The molecule has 1 heterocycles. The number of aryl methyl sites for hydroxylation is 1. The molecule has 0 radical (unpaired) electrons. The molecule has 28 heavy (non-hydrogen) atoms. The average molecular weight is 384 g/mol. The van der Waals surface area contributed by atoms with E-state index < -0.39 is 0 Å². The molecule has 1 atom stereocenters. The summed E-state index contributed by atoms with van der Waals surface area (Å²) < 4.78 is 0. The van der Waals surface area contributed by atoms with Gasteiger partial charge in [-0.2, -0.15) is 0 Å². The van der Waals surface area contributed by atoms with Crippen LogP contribution in [0.1, 0.15) is 25.8 Å². The van der Waals surface area contributed by atoms with E-state index in [1.54, 1.807) is 0 Å². The van der Waals surface area contributed by atoms with Crippen LogP contribution >= 0.6 is 0 Å². The molecule has 0 fully saturated rings. The van der Waals surface area contributed by atoms with Gasteiger partial charge in [-0.05, 0) is 36.6 Å². The Morgan fingerprint density at radius 2 is 1.79 bits per heavy atom. The Morgan fingerprint density at radius 1 is 1.18 bits per heavy atom. The lowest BCUT2D eigenvalue weighted by atomic mass is 10.1. The maximum Gasteiger partial charge on any atom is 0.319 e. The van der Waals surface area contributed by atoms with Crippen LogP contribution in [0.2, 0.25) is 0 Å². The summed E-state index contributed by atoms with van der Waals surface area (Å²) in [5.74, 6) is 0. The third kappa shape index (κ3) is 7.84. The predicted molar refractivity (Wildman–Crippen MR) is 119 cm³/mol. The van der Waals surface area contributed by atoms with Crippen molar-refractivity contribution < 1.29 is 9.90 Å². The number of carbonyl (C=O) groups is 1. The average Bonchev–Trinajstić information content (AvgIpc) is 2.89. The molecule has 5 nitrogen and oxygen atoms in total. The lowest BCUT2D eigenvalue weighted by Gasteiger charge is -2.24. The van der Waals surface area contributed by atoms with E-state index in [1.807, 2.05) is 44.2 Å². The highest BCUT2D eigenvalue weighted by atomic mass is 16.2. The Kier molecular flexibility index (Phi) is 11.1. The molecule has 0 spiro atoms. The van der Waals surface area contributed by atoms with Gasteiger partial charge in [0.2, 0.25) is 0 Å². The van der Waals surface area contributed by atoms with E-state index in [1.165, 1.54) is 17.3 Å². The molecule has 1 unspecified atom stereocenters. The minimum absolute atomic E-state index is 0.0833. The van der Waals surface area contributed by atoms with Crippen LogP contribution in [0.25, 0.3) is 0 Å². The lowest BCUT2D eigenvalue weighted by Crippen LogP contribution is -2.43. The Morgan fingerprint density at radius 3 is 2.43 bits per heavy atom. The molecular formula is C23H33N3O2. The summed E-state index contributed by atoms with van der Waals surface area (Å²) in [6.45, 7) is 8.13. The van der Waals surface area contributed by atoms with Gasteiger partial charge in [-0.3, -0.25) is 0 Å². The third-order valence-electron chi connectivity index (χ3n) is 4.16. The van der Waals surface area contributed by atoms with Crippen LogP contribution in [0.3, 0.4) is 0 Å². The van der Waals surface area contributed by atoms with Crippen molar-refractivity contribution in [2.75, 3.05) is 30.4 Å². The van der Waals surface area contributed by atoms with Crippen molar-refractivity contribution in [1.29, 1.82) is 0 Å². The number of urea groups is 1. The Labute approximate surface area is 169 Å². The number of anilines is 2. The van der Waals surface area contributed by atoms with Gasteiger partial charge in [0.15, 0.2) is 0 Å². The normalized spacial score (nSPS) is 14.7. The molecule has 2 aromatic carbocycles. The first-order valence-corrected chi connectivity index (χ1v) is 9.77. The van der Waals surface area contributed by atoms with E-state index >= 15 is 0 Å². The largest absolute Gasteiger partial charge is 0.392 e. The fourth-order valence-electron chi connectivity index (χ4n) is 2.94. The smallest absolute Gasteiger partial charge is 0.319 e. The number of aliphatic hydroxyl groups is 1.